The van der Waals surface area contributed by atoms with E-state index in [2.05, 4.69) is 5.32 Å². The van der Waals surface area contributed by atoms with Crippen molar-refractivity contribution in [3.63, 3.8) is 0 Å². The first-order valence-corrected chi connectivity index (χ1v) is 7.53. The number of non-ortho nitro benzene ring substituents is 1. The highest BCUT2D eigenvalue weighted by Gasteiger charge is 2.16. The lowest BCUT2D eigenvalue weighted by atomic mass is 10.1. The standard InChI is InChI=1S/C16H13ClN2O5/c17-13-3-2-11(19(21)22)8-12(13)16(20)18-6-5-10-1-4-14-15(7-10)24-9-23-14/h1-4,7-8H,5-6,9H2,(H,18,20). The van der Waals surface area contributed by atoms with Gasteiger partial charge < -0.3 is 14.8 Å². The summed E-state index contributed by atoms with van der Waals surface area (Å²) in [7, 11) is 0. The second-order valence-corrected chi connectivity index (χ2v) is 5.52. The van der Waals surface area contributed by atoms with Crippen LogP contribution in [0.3, 0.4) is 0 Å². The number of amides is 1. The van der Waals surface area contributed by atoms with Gasteiger partial charge in [0, 0.05) is 18.7 Å². The fourth-order valence-electron chi connectivity index (χ4n) is 2.31. The Morgan fingerprint density at radius 2 is 2.00 bits per heavy atom. The monoisotopic (exact) mass is 348 g/mol. The normalized spacial score (nSPS) is 12.0. The van der Waals surface area contributed by atoms with Crippen molar-refractivity contribution < 1.29 is 19.2 Å². The summed E-state index contributed by atoms with van der Waals surface area (Å²) in [5, 5.41) is 13.7. The summed E-state index contributed by atoms with van der Waals surface area (Å²) < 4.78 is 10.5. The van der Waals surface area contributed by atoms with Gasteiger partial charge in [0.25, 0.3) is 11.6 Å². The Labute approximate surface area is 142 Å². The van der Waals surface area contributed by atoms with E-state index in [0.717, 1.165) is 11.6 Å². The molecule has 0 fully saturated rings. The number of nitrogens with zero attached hydrogens (tertiary/aromatic N) is 1. The Morgan fingerprint density at radius 1 is 1.21 bits per heavy atom. The van der Waals surface area contributed by atoms with E-state index in [0.29, 0.717) is 24.5 Å². The third-order valence-electron chi connectivity index (χ3n) is 3.54. The van der Waals surface area contributed by atoms with Gasteiger partial charge in [-0.25, -0.2) is 0 Å². The Kier molecular flexibility index (Phi) is 4.52. The van der Waals surface area contributed by atoms with Crippen molar-refractivity contribution in [2.24, 2.45) is 0 Å². The molecular weight excluding hydrogens is 336 g/mol. The number of hydrogen-bond donors (Lipinski definition) is 1. The molecule has 2 aromatic carbocycles. The third kappa shape index (κ3) is 3.41. The van der Waals surface area contributed by atoms with Crippen LogP contribution in [0.2, 0.25) is 5.02 Å². The summed E-state index contributed by atoms with van der Waals surface area (Å²) in [5.74, 6) is 0.927. The smallest absolute Gasteiger partial charge is 0.270 e. The van der Waals surface area contributed by atoms with E-state index in [1.165, 1.54) is 12.1 Å². The quantitative estimate of drug-likeness (QED) is 0.662. The van der Waals surface area contributed by atoms with Gasteiger partial charge in [-0.2, -0.15) is 0 Å². The van der Waals surface area contributed by atoms with Gasteiger partial charge in [-0.05, 0) is 30.2 Å². The maximum Gasteiger partial charge on any atom is 0.270 e. The Balaban J connectivity index is 1.61. The van der Waals surface area contributed by atoms with Crippen molar-refractivity contribution in [3.8, 4) is 11.5 Å². The molecule has 2 aromatic rings. The zero-order valence-electron chi connectivity index (χ0n) is 12.5. The molecule has 0 atom stereocenters. The number of halogens is 1. The van der Waals surface area contributed by atoms with Crippen LogP contribution in [0.4, 0.5) is 5.69 Å². The first kappa shape index (κ1) is 16.1. The van der Waals surface area contributed by atoms with Crippen LogP contribution < -0.4 is 14.8 Å². The Hall–Kier alpha value is -2.80. The van der Waals surface area contributed by atoms with E-state index in [9.17, 15) is 14.9 Å². The lowest BCUT2D eigenvalue weighted by Gasteiger charge is -2.07. The van der Waals surface area contributed by atoms with Crippen LogP contribution in [-0.2, 0) is 6.42 Å². The van der Waals surface area contributed by atoms with Crippen LogP contribution in [0, 0.1) is 10.1 Å². The highest BCUT2D eigenvalue weighted by molar-refractivity contribution is 6.33. The van der Waals surface area contributed by atoms with E-state index in [1.807, 2.05) is 18.2 Å². The molecule has 0 bridgehead atoms. The number of benzene rings is 2. The maximum absolute atomic E-state index is 12.2. The first-order valence-electron chi connectivity index (χ1n) is 7.15. The van der Waals surface area contributed by atoms with Crippen LogP contribution in [-0.4, -0.2) is 24.2 Å². The number of hydrogen-bond acceptors (Lipinski definition) is 5. The number of fused-ring (bicyclic) bond motifs is 1. The van der Waals surface area contributed by atoms with Crippen LogP contribution in [0.1, 0.15) is 15.9 Å². The predicted octanol–water partition coefficient (Wildman–Crippen LogP) is 2.95. The highest BCUT2D eigenvalue weighted by atomic mass is 35.5. The topological polar surface area (TPSA) is 90.7 Å². The van der Waals surface area contributed by atoms with Crippen molar-refractivity contribution in [2.45, 2.75) is 6.42 Å². The van der Waals surface area contributed by atoms with Gasteiger partial charge in [0.1, 0.15) is 0 Å². The average Bonchev–Trinajstić information content (AvgIpc) is 3.02. The molecule has 3 rings (SSSR count). The van der Waals surface area contributed by atoms with Gasteiger partial charge in [0.15, 0.2) is 11.5 Å². The SMILES string of the molecule is O=C(NCCc1ccc2c(c1)OCO2)c1cc([N+](=O)[O-])ccc1Cl. The number of carbonyl (C=O) groups is 1. The Bertz CT molecular complexity index is 809. The minimum absolute atomic E-state index is 0.0801. The number of ether oxygens (including phenoxy) is 2. The molecule has 1 heterocycles. The number of nitro benzene ring substituents is 1. The van der Waals surface area contributed by atoms with Gasteiger partial charge in [-0.3, -0.25) is 14.9 Å². The maximum atomic E-state index is 12.2. The van der Waals surface area contributed by atoms with Crippen molar-refractivity contribution in [1.82, 2.24) is 5.32 Å². The molecule has 0 unspecified atom stereocenters. The minimum atomic E-state index is -0.570. The largest absolute Gasteiger partial charge is 0.454 e. The zero-order valence-corrected chi connectivity index (χ0v) is 13.2. The van der Waals surface area contributed by atoms with Gasteiger partial charge in [0.05, 0.1) is 15.5 Å². The minimum Gasteiger partial charge on any atom is -0.454 e. The molecule has 24 heavy (non-hydrogen) atoms. The fraction of sp³-hybridized carbons (Fsp3) is 0.188. The molecule has 1 N–H and O–H groups in total. The lowest BCUT2D eigenvalue weighted by Crippen LogP contribution is -2.26. The molecule has 1 aliphatic heterocycles. The Morgan fingerprint density at radius 3 is 2.79 bits per heavy atom. The molecule has 0 radical (unpaired) electrons. The molecule has 8 heteroatoms. The molecule has 0 spiro atoms. The summed E-state index contributed by atoms with van der Waals surface area (Å²) in [5.41, 5.74) is 0.876. The van der Waals surface area contributed by atoms with Crippen molar-refractivity contribution in [3.05, 3.63) is 62.7 Å². The summed E-state index contributed by atoms with van der Waals surface area (Å²) >= 11 is 5.94. The number of nitrogens with one attached hydrogen (secondary N) is 1. The van der Waals surface area contributed by atoms with E-state index in [1.54, 1.807) is 0 Å². The second kappa shape index (κ2) is 6.76. The molecular formula is C16H13ClN2O5. The van der Waals surface area contributed by atoms with E-state index in [-0.39, 0.29) is 23.1 Å². The van der Waals surface area contributed by atoms with Gasteiger partial charge in [-0.1, -0.05) is 17.7 Å². The molecule has 1 aliphatic rings. The summed E-state index contributed by atoms with van der Waals surface area (Å²) in [6, 6.07) is 9.32. The van der Waals surface area contributed by atoms with Gasteiger partial charge in [0.2, 0.25) is 6.79 Å². The van der Waals surface area contributed by atoms with Crippen LogP contribution in [0.15, 0.2) is 36.4 Å². The van der Waals surface area contributed by atoms with Gasteiger partial charge >= 0.3 is 0 Å². The molecule has 7 nitrogen and oxygen atoms in total. The number of nitro groups is 1. The lowest BCUT2D eigenvalue weighted by molar-refractivity contribution is -0.384. The van der Waals surface area contributed by atoms with E-state index < -0.39 is 10.8 Å². The van der Waals surface area contributed by atoms with Crippen LogP contribution in [0.25, 0.3) is 0 Å². The first-order chi connectivity index (χ1) is 11.5. The molecule has 0 saturated heterocycles. The average molecular weight is 349 g/mol. The summed E-state index contributed by atoms with van der Waals surface area (Å²) in [6.07, 6.45) is 0.578. The van der Waals surface area contributed by atoms with Gasteiger partial charge in [-0.15, -0.1) is 0 Å². The molecule has 1 amide bonds. The van der Waals surface area contributed by atoms with Crippen molar-refractivity contribution in [1.29, 1.82) is 0 Å². The number of rotatable bonds is 5. The number of carbonyl (C=O) groups excluding carboxylic acids is 1. The summed E-state index contributed by atoms with van der Waals surface area (Å²) in [6.45, 7) is 0.568. The van der Waals surface area contributed by atoms with Crippen molar-refractivity contribution in [2.75, 3.05) is 13.3 Å². The third-order valence-corrected chi connectivity index (χ3v) is 3.87. The van der Waals surface area contributed by atoms with Crippen molar-refractivity contribution >= 4 is 23.2 Å². The van der Waals surface area contributed by atoms with E-state index in [4.69, 9.17) is 21.1 Å². The highest BCUT2D eigenvalue weighted by Crippen LogP contribution is 2.32. The van der Waals surface area contributed by atoms with E-state index >= 15 is 0 Å². The molecule has 0 aromatic heterocycles. The predicted molar refractivity (Wildman–Crippen MR) is 86.7 cm³/mol. The van der Waals surface area contributed by atoms with Crippen LogP contribution in [0.5, 0.6) is 11.5 Å². The summed E-state index contributed by atoms with van der Waals surface area (Å²) in [4.78, 5) is 22.4. The van der Waals surface area contributed by atoms with Crippen LogP contribution >= 0.6 is 11.6 Å². The molecule has 124 valence electrons. The molecule has 0 aliphatic carbocycles. The fourth-order valence-corrected chi connectivity index (χ4v) is 2.52. The second-order valence-electron chi connectivity index (χ2n) is 5.11. The zero-order chi connectivity index (χ0) is 17.1. The molecule has 0 saturated carbocycles.